The van der Waals surface area contributed by atoms with Crippen molar-refractivity contribution in [2.45, 2.75) is 45.1 Å². The lowest BCUT2D eigenvalue weighted by atomic mass is 10.1. The maximum absolute atomic E-state index is 12.0. The van der Waals surface area contributed by atoms with Crippen molar-refractivity contribution < 1.29 is 9.53 Å². The van der Waals surface area contributed by atoms with Gasteiger partial charge in [0.1, 0.15) is 0 Å². The van der Waals surface area contributed by atoms with E-state index in [9.17, 15) is 4.79 Å². The predicted octanol–water partition coefficient (Wildman–Crippen LogP) is 1.14. The molecule has 4 heteroatoms. The van der Waals surface area contributed by atoms with E-state index in [4.69, 9.17) is 10.5 Å². The molecule has 1 fully saturated rings. The van der Waals surface area contributed by atoms with Crippen LogP contribution in [0.4, 0.5) is 0 Å². The molecule has 94 valence electrons. The van der Waals surface area contributed by atoms with Gasteiger partial charge in [-0.1, -0.05) is 6.92 Å². The predicted molar refractivity (Wildman–Crippen MR) is 64.1 cm³/mol. The van der Waals surface area contributed by atoms with Crippen LogP contribution in [0.25, 0.3) is 0 Å². The first kappa shape index (κ1) is 13.5. The van der Waals surface area contributed by atoms with Crippen LogP contribution >= 0.6 is 0 Å². The van der Waals surface area contributed by atoms with Crippen molar-refractivity contribution in [3.05, 3.63) is 0 Å². The summed E-state index contributed by atoms with van der Waals surface area (Å²) in [7, 11) is 0. The van der Waals surface area contributed by atoms with Crippen LogP contribution in [0.3, 0.4) is 0 Å². The van der Waals surface area contributed by atoms with Crippen molar-refractivity contribution in [2.75, 3.05) is 26.2 Å². The molecule has 1 heterocycles. The fraction of sp³-hybridized carbons (Fsp3) is 0.917. The van der Waals surface area contributed by atoms with Gasteiger partial charge in [-0.15, -0.1) is 0 Å². The largest absolute Gasteiger partial charge is 0.378 e. The van der Waals surface area contributed by atoms with E-state index in [0.29, 0.717) is 13.0 Å². The number of carbonyl (C=O) groups is 1. The first-order chi connectivity index (χ1) is 7.77. The number of nitrogens with two attached hydrogens (primary N) is 1. The number of amides is 1. The molecule has 0 aromatic carbocycles. The third kappa shape index (κ3) is 4.49. The molecule has 4 nitrogen and oxygen atoms in total. The maximum Gasteiger partial charge on any atom is 0.225 e. The van der Waals surface area contributed by atoms with Crippen molar-refractivity contribution in [1.82, 2.24) is 4.90 Å². The summed E-state index contributed by atoms with van der Waals surface area (Å²) in [6, 6.07) is 0. The summed E-state index contributed by atoms with van der Waals surface area (Å²) in [4.78, 5) is 13.9. The van der Waals surface area contributed by atoms with Crippen LogP contribution in [0.15, 0.2) is 0 Å². The molecule has 1 aliphatic heterocycles. The van der Waals surface area contributed by atoms with Crippen LogP contribution < -0.4 is 5.73 Å². The van der Waals surface area contributed by atoms with E-state index in [1.807, 2.05) is 4.90 Å². The minimum Gasteiger partial charge on any atom is -0.378 e. The molecule has 0 aromatic rings. The highest BCUT2D eigenvalue weighted by Gasteiger charge is 2.21. The summed E-state index contributed by atoms with van der Waals surface area (Å²) in [5, 5.41) is 0. The van der Waals surface area contributed by atoms with Gasteiger partial charge >= 0.3 is 0 Å². The molecule has 0 radical (unpaired) electrons. The molecule has 0 bridgehead atoms. The molecule has 1 aliphatic rings. The molecule has 0 saturated carbocycles. The van der Waals surface area contributed by atoms with Gasteiger partial charge in [0.2, 0.25) is 5.91 Å². The van der Waals surface area contributed by atoms with Crippen LogP contribution in [0.5, 0.6) is 0 Å². The van der Waals surface area contributed by atoms with Gasteiger partial charge in [-0.3, -0.25) is 4.79 Å². The summed E-state index contributed by atoms with van der Waals surface area (Å²) in [5.41, 5.74) is 5.47. The number of hydrogen-bond donors (Lipinski definition) is 1. The van der Waals surface area contributed by atoms with Gasteiger partial charge in [0, 0.05) is 19.7 Å². The number of nitrogens with zero attached hydrogens (tertiary/aromatic N) is 1. The second-order valence-corrected chi connectivity index (χ2v) is 4.36. The van der Waals surface area contributed by atoms with E-state index < -0.39 is 0 Å². The Bertz CT molecular complexity index is 203. The minimum atomic E-state index is 0.157. The van der Waals surface area contributed by atoms with E-state index in [1.54, 1.807) is 0 Å². The van der Waals surface area contributed by atoms with Crippen molar-refractivity contribution in [3.63, 3.8) is 0 Å². The highest BCUT2D eigenvalue weighted by Crippen LogP contribution is 2.16. The lowest BCUT2D eigenvalue weighted by Gasteiger charge is -2.23. The second kappa shape index (κ2) is 7.63. The van der Waals surface area contributed by atoms with Gasteiger partial charge in [-0.05, 0) is 32.2 Å². The van der Waals surface area contributed by atoms with E-state index >= 15 is 0 Å². The highest BCUT2D eigenvalue weighted by atomic mass is 16.5. The van der Waals surface area contributed by atoms with Crippen molar-refractivity contribution in [2.24, 2.45) is 5.73 Å². The summed E-state index contributed by atoms with van der Waals surface area (Å²) in [6.07, 6.45) is 4.71. The Morgan fingerprint density at radius 1 is 1.50 bits per heavy atom. The van der Waals surface area contributed by atoms with Crippen LogP contribution in [-0.2, 0) is 9.53 Å². The molecule has 1 rings (SSSR count). The molecule has 0 aromatic heterocycles. The molecular weight excluding hydrogens is 204 g/mol. The quantitative estimate of drug-likeness (QED) is 0.711. The molecule has 1 saturated heterocycles. The van der Waals surface area contributed by atoms with Crippen molar-refractivity contribution in [3.8, 4) is 0 Å². The number of rotatable bonds is 7. The molecule has 1 unspecified atom stereocenters. The number of ether oxygens (including phenoxy) is 1. The molecule has 0 spiro atoms. The zero-order chi connectivity index (χ0) is 11.8. The van der Waals surface area contributed by atoms with E-state index in [1.165, 1.54) is 0 Å². The summed E-state index contributed by atoms with van der Waals surface area (Å²) in [6.45, 7) is 5.18. The highest BCUT2D eigenvalue weighted by molar-refractivity contribution is 5.76. The Balaban J connectivity index is 2.32. The zero-order valence-electron chi connectivity index (χ0n) is 10.3. The first-order valence-electron chi connectivity index (χ1n) is 6.37. The maximum atomic E-state index is 12.0. The average molecular weight is 228 g/mol. The Morgan fingerprint density at radius 3 is 2.88 bits per heavy atom. The normalized spacial score (nSPS) is 20.0. The van der Waals surface area contributed by atoms with Gasteiger partial charge in [0.25, 0.3) is 0 Å². The smallest absolute Gasteiger partial charge is 0.225 e. The van der Waals surface area contributed by atoms with Gasteiger partial charge in [-0.2, -0.15) is 0 Å². The van der Waals surface area contributed by atoms with Gasteiger partial charge in [0.05, 0.1) is 12.5 Å². The Kier molecular flexibility index (Phi) is 6.42. The second-order valence-electron chi connectivity index (χ2n) is 4.36. The number of carbonyl (C=O) groups excluding carboxylic acids is 1. The topological polar surface area (TPSA) is 55.6 Å². The lowest BCUT2D eigenvalue weighted by molar-refractivity contribution is -0.133. The summed E-state index contributed by atoms with van der Waals surface area (Å²) >= 11 is 0. The third-order valence-electron chi connectivity index (χ3n) is 2.90. The van der Waals surface area contributed by atoms with Crippen LogP contribution in [0, 0.1) is 0 Å². The molecule has 1 amide bonds. The monoisotopic (exact) mass is 228 g/mol. The van der Waals surface area contributed by atoms with Crippen molar-refractivity contribution >= 4 is 5.91 Å². The summed E-state index contributed by atoms with van der Waals surface area (Å²) < 4.78 is 5.48. The molecule has 1 atom stereocenters. The molecule has 16 heavy (non-hydrogen) atoms. The fourth-order valence-electron chi connectivity index (χ4n) is 2.04. The Hall–Kier alpha value is -0.610. The Labute approximate surface area is 98.1 Å². The average Bonchev–Trinajstić information content (AvgIpc) is 2.76. The lowest BCUT2D eigenvalue weighted by Crippen LogP contribution is -2.35. The fourth-order valence-corrected chi connectivity index (χ4v) is 2.04. The number of hydrogen-bond acceptors (Lipinski definition) is 3. The SMILES string of the molecule is CCCN(CCCN)C(=O)CC1CCCO1. The van der Waals surface area contributed by atoms with Crippen LogP contribution in [-0.4, -0.2) is 43.2 Å². The standard InChI is InChI=1S/C12H24N2O2/c1-2-7-14(8-4-6-13)12(15)10-11-5-3-9-16-11/h11H,2-10,13H2,1H3. The van der Waals surface area contributed by atoms with Crippen molar-refractivity contribution in [1.29, 1.82) is 0 Å². The molecule has 0 aliphatic carbocycles. The molecular formula is C12H24N2O2. The zero-order valence-corrected chi connectivity index (χ0v) is 10.3. The first-order valence-corrected chi connectivity index (χ1v) is 6.37. The van der Waals surface area contributed by atoms with E-state index in [-0.39, 0.29) is 12.0 Å². The van der Waals surface area contributed by atoms with Crippen LogP contribution in [0.2, 0.25) is 0 Å². The van der Waals surface area contributed by atoms with Gasteiger partial charge in [-0.25, -0.2) is 0 Å². The van der Waals surface area contributed by atoms with E-state index in [2.05, 4.69) is 6.92 Å². The van der Waals surface area contributed by atoms with E-state index in [0.717, 1.165) is 45.4 Å². The van der Waals surface area contributed by atoms with Gasteiger partial charge in [0.15, 0.2) is 0 Å². The minimum absolute atomic E-state index is 0.157. The Morgan fingerprint density at radius 2 is 2.31 bits per heavy atom. The van der Waals surface area contributed by atoms with Crippen LogP contribution in [0.1, 0.15) is 39.0 Å². The third-order valence-corrected chi connectivity index (χ3v) is 2.90. The summed E-state index contributed by atoms with van der Waals surface area (Å²) in [5.74, 6) is 0.224. The molecule has 2 N–H and O–H groups in total. The van der Waals surface area contributed by atoms with Gasteiger partial charge < -0.3 is 15.4 Å².